The molecule has 1 aliphatic carbocycles. The Balaban J connectivity index is 0.00000111. The van der Waals surface area contributed by atoms with Gasteiger partial charge in [-0.2, -0.15) is 0 Å². The van der Waals surface area contributed by atoms with Crippen LogP contribution in [0.15, 0.2) is 131 Å². The highest BCUT2D eigenvalue weighted by atomic mass is 14.9. The number of nitrogens with zero attached hydrogens (tertiary/aromatic N) is 3. The fraction of sp³-hybridized carbons (Fsp3) is 0.195. The number of hydrogen-bond donors (Lipinski definition) is 1. The van der Waals surface area contributed by atoms with Crippen LogP contribution in [0.1, 0.15) is 56.5 Å². The Labute approximate surface area is 268 Å². The Bertz CT molecular complexity index is 1850. The van der Waals surface area contributed by atoms with Gasteiger partial charge in [-0.25, -0.2) is 9.98 Å². The molecule has 0 aliphatic heterocycles. The zero-order chi connectivity index (χ0) is 32.2. The molecule has 228 valence electrons. The molecule has 6 rings (SSSR count). The third-order valence-corrected chi connectivity index (χ3v) is 7.84. The normalized spacial score (nSPS) is 12.1. The van der Waals surface area contributed by atoms with Crippen LogP contribution in [-0.4, -0.2) is 24.6 Å². The minimum atomic E-state index is 0.597. The van der Waals surface area contributed by atoms with E-state index >= 15 is 0 Å². The zero-order valence-electron chi connectivity index (χ0n) is 27.2. The van der Waals surface area contributed by atoms with Gasteiger partial charge in [-0.15, -0.1) is 0 Å². The van der Waals surface area contributed by atoms with Gasteiger partial charge >= 0.3 is 0 Å². The first kappa shape index (κ1) is 33.0. The number of nitrogens with two attached hydrogens (primary N) is 1. The van der Waals surface area contributed by atoms with Crippen LogP contribution >= 0.6 is 0 Å². The van der Waals surface area contributed by atoms with Crippen molar-refractivity contribution < 1.29 is 0 Å². The predicted octanol–water partition coefficient (Wildman–Crippen LogP) is 10.3. The van der Waals surface area contributed by atoms with Gasteiger partial charge in [0.05, 0.1) is 17.1 Å². The van der Waals surface area contributed by atoms with Crippen molar-refractivity contribution in [2.45, 2.75) is 47.0 Å². The van der Waals surface area contributed by atoms with E-state index in [1.165, 1.54) is 45.6 Å². The summed E-state index contributed by atoms with van der Waals surface area (Å²) in [6.07, 6.45) is 9.24. The van der Waals surface area contributed by atoms with E-state index in [-0.39, 0.29) is 0 Å². The Morgan fingerprint density at radius 2 is 1.53 bits per heavy atom. The summed E-state index contributed by atoms with van der Waals surface area (Å²) in [7, 11) is 1.50. The number of rotatable bonds is 7. The van der Waals surface area contributed by atoms with E-state index in [1.54, 1.807) is 0 Å². The molecule has 0 radical (unpaired) electrons. The lowest BCUT2D eigenvalue weighted by Crippen LogP contribution is -1.99. The van der Waals surface area contributed by atoms with E-state index in [2.05, 4.69) is 104 Å². The number of benzene rings is 4. The number of aliphatic imine (C=N–C) groups is 2. The fourth-order valence-corrected chi connectivity index (χ4v) is 5.90. The summed E-state index contributed by atoms with van der Waals surface area (Å²) >= 11 is 0. The van der Waals surface area contributed by atoms with Gasteiger partial charge in [-0.3, -0.25) is 4.98 Å². The molecule has 5 aromatic rings. The molecule has 2 N–H and O–H groups in total. The van der Waals surface area contributed by atoms with Gasteiger partial charge in [0.2, 0.25) is 0 Å². The van der Waals surface area contributed by atoms with Crippen LogP contribution in [0.4, 0.5) is 5.69 Å². The second kappa shape index (κ2) is 16.2. The minimum absolute atomic E-state index is 0.597. The van der Waals surface area contributed by atoms with Crippen LogP contribution in [0.5, 0.6) is 0 Å². The van der Waals surface area contributed by atoms with Gasteiger partial charge in [0, 0.05) is 28.5 Å². The largest absolute Gasteiger partial charge is 0.333 e. The number of allylic oxidation sites excluding steroid dienone is 4. The fourth-order valence-electron chi connectivity index (χ4n) is 5.90. The number of hydrogen-bond acceptors (Lipinski definition) is 3. The number of pyridine rings is 1. The Morgan fingerprint density at radius 1 is 0.844 bits per heavy atom. The van der Waals surface area contributed by atoms with Crippen molar-refractivity contribution >= 4 is 29.0 Å². The number of para-hydroxylation sites is 1. The molecule has 1 aliphatic rings. The molecule has 0 spiro atoms. The first-order valence-electron chi connectivity index (χ1n) is 15.8. The monoisotopic (exact) mass is 592 g/mol. The van der Waals surface area contributed by atoms with E-state index in [0.717, 1.165) is 47.5 Å². The lowest BCUT2D eigenvalue weighted by Gasteiger charge is -2.17. The summed E-state index contributed by atoms with van der Waals surface area (Å²) in [6, 6.07) is 33.7. The smallest absolute Gasteiger partial charge is 0.159 e. The minimum Gasteiger partial charge on any atom is -0.333 e. The molecular formula is C41H44N4. The van der Waals surface area contributed by atoms with Crippen molar-refractivity contribution in [1.82, 2.24) is 4.98 Å². The van der Waals surface area contributed by atoms with Gasteiger partial charge in [0.1, 0.15) is 0 Å². The van der Waals surface area contributed by atoms with E-state index in [0.29, 0.717) is 5.84 Å². The number of aryl methyl sites for hydroxylation is 1. The predicted molar refractivity (Wildman–Crippen MR) is 196 cm³/mol. The van der Waals surface area contributed by atoms with E-state index < -0.39 is 0 Å². The molecule has 0 fully saturated rings. The summed E-state index contributed by atoms with van der Waals surface area (Å²) in [5.41, 5.74) is 15.9. The summed E-state index contributed by atoms with van der Waals surface area (Å²) in [5, 5.41) is 2.46. The molecule has 45 heavy (non-hydrogen) atoms. The zero-order valence-corrected chi connectivity index (χ0v) is 27.2. The van der Waals surface area contributed by atoms with E-state index in [1.807, 2.05) is 56.3 Å². The Hall–Kier alpha value is -4.93. The molecule has 1 aromatic heterocycles. The first-order chi connectivity index (χ1) is 22.2. The second-order valence-electron chi connectivity index (χ2n) is 10.3. The van der Waals surface area contributed by atoms with Crippen molar-refractivity contribution in [2.24, 2.45) is 15.7 Å². The molecule has 4 aromatic carbocycles. The summed E-state index contributed by atoms with van der Waals surface area (Å²) < 4.78 is 0. The van der Waals surface area contributed by atoms with Gasteiger partial charge in [-0.1, -0.05) is 129 Å². The third kappa shape index (κ3) is 7.08. The van der Waals surface area contributed by atoms with Crippen molar-refractivity contribution in [2.75, 3.05) is 7.05 Å². The number of fused-ring (bicyclic) bond motifs is 5. The molecule has 0 unspecified atom stereocenters. The molecule has 0 saturated heterocycles. The Kier molecular flexibility index (Phi) is 11.9. The molecule has 0 saturated carbocycles. The van der Waals surface area contributed by atoms with Crippen molar-refractivity contribution in [1.29, 1.82) is 0 Å². The number of aromatic nitrogens is 1. The maximum atomic E-state index is 5.43. The van der Waals surface area contributed by atoms with Crippen LogP contribution in [0, 0.1) is 0 Å². The summed E-state index contributed by atoms with van der Waals surface area (Å²) in [6.45, 7) is 12.0. The quantitative estimate of drug-likeness (QED) is 0.114. The topological polar surface area (TPSA) is 63.6 Å². The van der Waals surface area contributed by atoms with Gasteiger partial charge in [-0.05, 0) is 68.6 Å². The van der Waals surface area contributed by atoms with Crippen LogP contribution in [-0.2, 0) is 12.8 Å². The summed E-state index contributed by atoms with van der Waals surface area (Å²) in [5.74, 6) is 0.597. The third-order valence-electron chi connectivity index (χ3n) is 7.84. The maximum absolute atomic E-state index is 5.43. The van der Waals surface area contributed by atoms with Gasteiger partial charge < -0.3 is 5.73 Å². The number of amidine groups is 1. The van der Waals surface area contributed by atoms with Gasteiger partial charge in [0.25, 0.3) is 0 Å². The summed E-state index contributed by atoms with van der Waals surface area (Å²) in [4.78, 5) is 14.8. The van der Waals surface area contributed by atoms with Gasteiger partial charge in [0.15, 0.2) is 5.84 Å². The SMILES string of the molecule is C=NC(=Nc1ccccc1-c1nc2c(c3cccc(CCC(/C=C\C)=C/C)c13)-c1ccccc1C2)c1ccccc1.CC.CN. The second-order valence-corrected chi connectivity index (χ2v) is 10.3. The van der Waals surface area contributed by atoms with Crippen LogP contribution in [0.25, 0.3) is 33.2 Å². The highest BCUT2D eigenvalue weighted by Crippen LogP contribution is 2.45. The highest BCUT2D eigenvalue weighted by Gasteiger charge is 2.26. The van der Waals surface area contributed by atoms with Crippen LogP contribution < -0.4 is 5.73 Å². The lowest BCUT2D eigenvalue weighted by atomic mass is 9.91. The van der Waals surface area contributed by atoms with Crippen molar-refractivity contribution in [3.63, 3.8) is 0 Å². The molecule has 0 amide bonds. The average molecular weight is 593 g/mol. The molecule has 1 heterocycles. The highest BCUT2D eigenvalue weighted by molar-refractivity contribution is 6.09. The average Bonchev–Trinajstić information content (AvgIpc) is 3.49. The standard InChI is InChI=1S/C38H33N3.C2H6.CH5N/c1-4-14-26(5-2)23-24-27-18-13-21-32-35(27)37(40-34-25-29-17-9-10-19-30(29)36(32)34)31-20-11-12-22-33(31)41-38(39-3)28-15-7-6-8-16-28;2*1-2/h4-22H,3,23-25H2,1-2H3;1-2H3;2H2,1H3/b14-4-,26-5+,41-38?;;. The molecule has 4 nitrogen and oxygen atoms in total. The Morgan fingerprint density at radius 3 is 2.24 bits per heavy atom. The maximum Gasteiger partial charge on any atom is 0.159 e. The lowest BCUT2D eigenvalue weighted by molar-refractivity contribution is 0.970. The molecule has 0 bridgehead atoms. The van der Waals surface area contributed by atoms with Crippen molar-refractivity contribution in [3.05, 3.63) is 143 Å². The van der Waals surface area contributed by atoms with Crippen LogP contribution in [0.3, 0.4) is 0 Å². The van der Waals surface area contributed by atoms with E-state index in [9.17, 15) is 0 Å². The van der Waals surface area contributed by atoms with E-state index in [4.69, 9.17) is 9.98 Å². The van der Waals surface area contributed by atoms with Crippen molar-refractivity contribution in [3.8, 4) is 22.4 Å². The first-order valence-corrected chi connectivity index (χ1v) is 15.8. The molecular weight excluding hydrogens is 548 g/mol. The molecule has 4 heteroatoms. The van der Waals surface area contributed by atoms with Crippen LogP contribution in [0.2, 0.25) is 0 Å². The molecule has 0 atom stereocenters.